The molecule has 2 fully saturated rings. The summed E-state index contributed by atoms with van der Waals surface area (Å²) in [6.07, 6.45) is 3.02. The highest BCUT2D eigenvalue weighted by Gasteiger charge is 2.44. The molecule has 3 heterocycles. The van der Waals surface area contributed by atoms with Crippen molar-refractivity contribution in [3.8, 4) is 33.5 Å². The predicted molar refractivity (Wildman–Crippen MR) is 148 cm³/mol. The monoisotopic (exact) mass is 543 g/mol. The molecule has 3 atom stereocenters. The highest BCUT2D eigenvalue weighted by atomic mass is 19.3. The molecule has 4 aromatic rings. The van der Waals surface area contributed by atoms with Crippen LogP contribution in [0.1, 0.15) is 42.3 Å². The minimum atomic E-state index is -3.22. The number of alkyl halides is 3. The van der Waals surface area contributed by atoms with Crippen molar-refractivity contribution in [1.29, 1.82) is 0 Å². The number of carbonyl (C=O) groups is 1. The van der Waals surface area contributed by atoms with Crippen LogP contribution in [0.2, 0.25) is 0 Å². The van der Waals surface area contributed by atoms with Crippen LogP contribution in [0.5, 0.6) is 0 Å². The van der Waals surface area contributed by atoms with E-state index in [-0.39, 0.29) is 35.8 Å². The summed E-state index contributed by atoms with van der Waals surface area (Å²) in [4.78, 5) is 20.4. The van der Waals surface area contributed by atoms with Crippen LogP contribution >= 0.6 is 0 Å². The summed E-state index contributed by atoms with van der Waals surface area (Å²) in [6.45, 7) is 1.11. The lowest BCUT2D eigenvalue weighted by Crippen LogP contribution is -2.35. The first-order chi connectivity index (χ1) is 19.4. The Morgan fingerprint density at radius 3 is 2.38 bits per heavy atom. The second-order valence-corrected chi connectivity index (χ2v) is 10.8. The van der Waals surface area contributed by atoms with Crippen molar-refractivity contribution in [3.63, 3.8) is 0 Å². The molecule has 7 rings (SSSR count). The zero-order valence-corrected chi connectivity index (χ0v) is 21.6. The number of anilines is 1. The number of halogens is 3. The van der Waals surface area contributed by atoms with Crippen LogP contribution in [0.25, 0.3) is 33.5 Å². The summed E-state index contributed by atoms with van der Waals surface area (Å²) in [7, 11) is 0. The molecule has 1 aliphatic carbocycles. The molecule has 0 bridgehead atoms. The van der Waals surface area contributed by atoms with Crippen molar-refractivity contribution in [2.75, 3.05) is 18.4 Å². The normalized spacial score (nSPS) is 22.7. The second-order valence-electron chi connectivity index (χ2n) is 10.8. The molecule has 9 heteroatoms. The van der Waals surface area contributed by atoms with Crippen LogP contribution in [0.4, 0.5) is 18.9 Å². The maximum absolute atomic E-state index is 15.7. The van der Waals surface area contributed by atoms with E-state index >= 15 is 8.78 Å². The minimum absolute atomic E-state index is 0.0624. The molecule has 6 nitrogen and oxygen atoms in total. The quantitative estimate of drug-likeness (QED) is 0.252. The number of carbonyl (C=O) groups excluding carboxylic acids is 1. The molecule has 1 amide bonds. The molecule has 0 spiro atoms. The molecule has 204 valence electrons. The number of imidazole rings is 1. The van der Waals surface area contributed by atoms with E-state index in [2.05, 4.69) is 25.9 Å². The van der Waals surface area contributed by atoms with E-state index in [9.17, 15) is 9.18 Å². The molecular weight excluding hydrogens is 515 g/mol. The van der Waals surface area contributed by atoms with Crippen LogP contribution in [0.15, 0.2) is 66.9 Å². The molecule has 2 saturated heterocycles. The van der Waals surface area contributed by atoms with Gasteiger partial charge in [-0.3, -0.25) is 4.79 Å². The van der Waals surface area contributed by atoms with E-state index in [0.717, 1.165) is 42.0 Å². The van der Waals surface area contributed by atoms with E-state index in [0.29, 0.717) is 16.7 Å². The molecule has 3 aliphatic rings. The number of amides is 1. The first-order valence-electron chi connectivity index (χ1n) is 13.6. The fourth-order valence-electron chi connectivity index (χ4n) is 6.02. The third kappa shape index (κ3) is 4.30. The Morgan fingerprint density at radius 2 is 1.65 bits per heavy atom. The highest BCUT2D eigenvalue weighted by molar-refractivity contribution is 5.96. The first-order valence-corrected chi connectivity index (χ1v) is 13.6. The van der Waals surface area contributed by atoms with Crippen LogP contribution in [0.3, 0.4) is 0 Å². The SMILES string of the molecule is O=C(Nc1ccc2c(c1)C(F)(F)c1cc(-c3ccc(-c4cnc([C@@H]5CCCN5)[nH]4)cc3)ccc1-2)[C@@H]1C[C@H](F)CN1. The minimum Gasteiger partial charge on any atom is -0.341 e. The Bertz CT molecular complexity index is 1590. The number of H-pyrrole nitrogens is 1. The van der Waals surface area contributed by atoms with Crippen molar-refractivity contribution in [1.82, 2.24) is 20.6 Å². The van der Waals surface area contributed by atoms with Gasteiger partial charge in [0.2, 0.25) is 5.91 Å². The molecule has 3 aromatic carbocycles. The van der Waals surface area contributed by atoms with Crippen molar-refractivity contribution >= 4 is 11.6 Å². The molecule has 0 unspecified atom stereocenters. The van der Waals surface area contributed by atoms with Gasteiger partial charge in [0.25, 0.3) is 5.92 Å². The number of nitrogens with zero attached hydrogens (tertiary/aromatic N) is 1. The maximum Gasteiger partial charge on any atom is 0.299 e. The van der Waals surface area contributed by atoms with Gasteiger partial charge in [-0.25, -0.2) is 9.37 Å². The molecule has 0 radical (unpaired) electrons. The van der Waals surface area contributed by atoms with Gasteiger partial charge in [0.05, 0.1) is 24.0 Å². The number of benzene rings is 3. The van der Waals surface area contributed by atoms with E-state index in [1.807, 2.05) is 36.5 Å². The fraction of sp³-hybridized carbons (Fsp3) is 0.290. The van der Waals surface area contributed by atoms with Gasteiger partial charge in [0, 0.05) is 29.8 Å². The lowest BCUT2D eigenvalue weighted by atomic mass is 9.97. The third-order valence-corrected chi connectivity index (χ3v) is 8.18. The summed E-state index contributed by atoms with van der Waals surface area (Å²) in [6, 6.07) is 17.1. The lowest BCUT2D eigenvalue weighted by Gasteiger charge is -2.15. The van der Waals surface area contributed by atoms with Crippen molar-refractivity contribution in [3.05, 3.63) is 83.8 Å². The summed E-state index contributed by atoms with van der Waals surface area (Å²) in [5.74, 6) is -2.72. The summed E-state index contributed by atoms with van der Waals surface area (Å²) >= 11 is 0. The van der Waals surface area contributed by atoms with Gasteiger partial charge in [0.1, 0.15) is 12.0 Å². The van der Waals surface area contributed by atoms with Gasteiger partial charge in [0.15, 0.2) is 0 Å². The largest absolute Gasteiger partial charge is 0.341 e. The average Bonchev–Trinajstić information content (AvgIpc) is 3.77. The molecule has 1 aromatic heterocycles. The first kappa shape index (κ1) is 25.0. The lowest BCUT2D eigenvalue weighted by molar-refractivity contribution is -0.117. The second kappa shape index (κ2) is 9.60. The van der Waals surface area contributed by atoms with Gasteiger partial charge in [-0.15, -0.1) is 0 Å². The average molecular weight is 544 g/mol. The third-order valence-electron chi connectivity index (χ3n) is 8.18. The van der Waals surface area contributed by atoms with Crippen molar-refractivity contribution in [2.24, 2.45) is 0 Å². The van der Waals surface area contributed by atoms with E-state index in [1.54, 1.807) is 24.3 Å². The highest BCUT2D eigenvalue weighted by Crippen LogP contribution is 2.52. The number of hydrogen-bond donors (Lipinski definition) is 4. The van der Waals surface area contributed by atoms with Gasteiger partial charge in [-0.1, -0.05) is 42.5 Å². The summed E-state index contributed by atoms with van der Waals surface area (Å²) < 4.78 is 44.9. The Labute approximate surface area is 229 Å². The van der Waals surface area contributed by atoms with Gasteiger partial charge in [-0.2, -0.15) is 8.78 Å². The van der Waals surface area contributed by atoms with Gasteiger partial charge >= 0.3 is 0 Å². The van der Waals surface area contributed by atoms with E-state index < -0.39 is 24.0 Å². The van der Waals surface area contributed by atoms with Crippen LogP contribution in [0, 0.1) is 0 Å². The zero-order valence-electron chi connectivity index (χ0n) is 21.6. The Balaban J connectivity index is 1.12. The van der Waals surface area contributed by atoms with Crippen LogP contribution < -0.4 is 16.0 Å². The van der Waals surface area contributed by atoms with E-state index in [1.165, 1.54) is 6.07 Å². The molecule has 40 heavy (non-hydrogen) atoms. The predicted octanol–water partition coefficient (Wildman–Crippen LogP) is 5.93. The number of aromatic nitrogens is 2. The molecule has 2 aliphatic heterocycles. The topological polar surface area (TPSA) is 81.8 Å². The smallest absolute Gasteiger partial charge is 0.299 e. The number of rotatable bonds is 5. The van der Waals surface area contributed by atoms with Crippen molar-refractivity contribution in [2.45, 2.75) is 43.4 Å². The van der Waals surface area contributed by atoms with E-state index in [4.69, 9.17) is 0 Å². The number of hydrogen-bond acceptors (Lipinski definition) is 4. The van der Waals surface area contributed by atoms with Gasteiger partial charge in [-0.05, 0) is 65.4 Å². The number of nitrogens with one attached hydrogen (secondary N) is 4. The zero-order chi connectivity index (χ0) is 27.4. The van der Waals surface area contributed by atoms with Crippen molar-refractivity contribution < 1.29 is 18.0 Å². The Kier molecular flexibility index (Phi) is 6.01. The molecule has 0 saturated carbocycles. The fourth-order valence-corrected chi connectivity index (χ4v) is 6.02. The maximum atomic E-state index is 15.7. The molecular formula is C31H28F3N5O. The Morgan fingerprint density at radius 1 is 0.925 bits per heavy atom. The number of fused-ring (bicyclic) bond motifs is 3. The summed E-state index contributed by atoms with van der Waals surface area (Å²) in [5.41, 5.74) is 4.39. The van der Waals surface area contributed by atoms with Crippen LogP contribution in [-0.4, -0.2) is 41.2 Å². The standard InChI is InChI=1S/C31H28F3N5O/c32-20-13-27(36-15-20)30(40)38-21-8-10-23-22-9-7-19(12-24(22)31(33,34)25(23)14-21)17-3-5-18(6-4-17)28-16-37-29(39-28)26-2-1-11-35-26/h3-10,12,14,16,20,26-27,35-36H,1-2,11,13,15H2,(H,37,39)(H,38,40)/t20-,26-,27-/m0/s1. The van der Waals surface area contributed by atoms with Crippen LogP contribution in [-0.2, 0) is 10.7 Å². The summed E-state index contributed by atoms with van der Waals surface area (Å²) in [5, 5.41) is 8.91. The number of aromatic amines is 1. The van der Waals surface area contributed by atoms with Gasteiger partial charge < -0.3 is 20.9 Å². The Hall–Kier alpha value is -3.95. The molecule has 4 N–H and O–H groups in total.